The van der Waals surface area contributed by atoms with E-state index in [2.05, 4.69) is 60.5 Å². The highest BCUT2D eigenvalue weighted by Crippen LogP contribution is 2.25. The maximum atomic E-state index is 12.6. The summed E-state index contributed by atoms with van der Waals surface area (Å²) in [7, 11) is 0. The van der Waals surface area contributed by atoms with E-state index in [4.69, 9.17) is 0 Å². The molecule has 1 saturated heterocycles. The first-order chi connectivity index (χ1) is 13.5. The number of rotatable bonds is 7. The molecule has 1 aliphatic rings. The summed E-state index contributed by atoms with van der Waals surface area (Å²) >= 11 is 1.68. The fourth-order valence-electron chi connectivity index (χ4n) is 3.53. The monoisotopic (exact) mass is 396 g/mol. The first-order valence-corrected chi connectivity index (χ1v) is 11.4. The largest absolute Gasteiger partial charge is 0.372 e. The third kappa shape index (κ3) is 5.78. The first-order valence-electron chi connectivity index (χ1n) is 10.3. The highest BCUT2D eigenvalue weighted by Gasteiger charge is 2.18. The molecule has 0 bridgehead atoms. The van der Waals surface area contributed by atoms with Crippen LogP contribution in [0.1, 0.15) is 50.8 Å². The SMILES string of the molecule is CC1CCN(c2ccc([C@H](C)NC(=O)[C@@H](C)SCc3ccccc3)cc2)CC1. The number of nitrogens with one attached hydrogen (secondary N) is 1. The predicted molar refractivity (Wildman–Crippen MR) is 121 cm³/mol. The number of nitrogens with zero attached hydrogens (tertiary/aromatic N) is 1. The highest BCUT2D eigenvalue weighted by molar-refractivity contribution is 7.99. The van der Waals surface area contributed by atoms with Gasteiger partial charge >= 0.3 is 0 Å². The normalized spacial score (nSPS) is 17.2. The lowest BCUT2D eigenvalue weighted by atomic mass is 9.98. The lowest BCUT2D eigenvalue weighted by molar-refractivity contribution is -0.120. The molecule has 3 rings (SSSR count). The summed E-state index contributed by atoms with van der Waals surface area (Å²) in [6, 6.07) is 19.0. The van der Waals surface area contributed by atoms with Crippen LogP contribution in [0.3, 0.4) is 0 Å². The zero-order chi connectivity index (χ0) is 19.9. The second kappa shape index (κ2) is 10.0. The van der Waals surface area contributed by atoms with Crippen LogP contribution in [0.25, 0.3) is 0 Å². The van der Waals surface area contributed by atoms with Gasteiger partial charge in [0.1, 0.15) is 0 Å². The van der Waals surface area contributed by atoms with Crippen molar-refractivity contribution < 1.29 is 4.79 Å². The lowest BCUT2D eigenvalue weighted by Crippen LogP contribution is -2.33. The molecular weight excluding hydrogens is 364 g/mol. The topological polar surface area (TPSA) is 32.3 Å². The molecule has 0 spiro atoms. The number of anilines is 1. The molecule has 1 amide bonds. The third-order valence-corrected chi connectivity index (χ3v) is 6.83. The highest BCUT2D eigenvalue weighted by atomic mass is 32.2. The van der Waals surface area contributed by atoms with E-state index in [0.717, 1.165) is 30.3 Å². The van der Waals surface area contributed by atoms with E-state index in [9.17, 15) is 4.79 Å². The Morgan fingerprint density at radius 3 is 2.36 bits per heavy atom. The molecule has 1 N–H and O–H groups in total. The van der Waals surface area contributed by atoms with Crippen molar-refractivity contribution in [3.8, 4) is 0 Å². The maximum Gasteiger partial charge on any atom is 0.233 e. The molecule has 0 aliphatic carbocycles. The Labute approximate surface area is 173 Å². The van der Waals surface area contributed by atoms with E-state index in [1.165, 1.54) is 24.1 Å². The van der Waals surface area contributed by atoms with Gasteiger partial charge in [-0.25, -0.2) is 0 Å². The van der Waals surface area contributed by atoms with Gasteiger partial charge in [-0.05, 0) is 55.9 Å². The van der Waals surface area contributed by atoms with E-state index in [1.54, 1.807) is 11.8 Å². The van der Waals surface area contributed by atoms with Crippen LogP contribution in [0.5, 0.6) is 0 Å². The van der Waals surface area contributed by atoms with Crippen molar-refractivity contribution >= 4 is 23.4 Å². The minimum atomic E-state index is -0.0720. The number of hydrogen-bond donors (Lipinski definition) is 1. The number of carbonyl (C=O) groups is 1. The summed E-state index contributed by atoms with van der Waals surface area (Å²) in [5, 5.41) is 3.09. The molecule has 0 aromatic heterocycles. The van der Waals surface area contributed by atoms with Crippen LogP contribution >= 0.6 is 11.8 Å². The van der Waals surface area contributed by atoms with Gasteiger partial charge in [0.25, 0.3) is 0 Å². The van der Waals surface area contributed by atoms with Crippen molar-refractivity contribution in [3.63, 3.8) is 0 Å². The van der Waals surface area contributed by atoms with E-state index in [-0.39, 0.29) is 17.2 Å². The van der Waals surface area contributed by atoms with Gasteiger partial charge in [0.05, 0.1) is 11.3 Å². The predicted octanol–water partition coefficient (Wildman–Crippen LogP) is 5.42. The molecule has 28 heavy (non-hydrogen) atoms. The Morgan fingerprint density at radius 2 is 1.71 bits per heavy atom. The molecule has 1 fully saturated rings. The number of thioether (sulfide) groups is 1. The van der Waals surface area contributed by atoms with Crippen molar-refractivity contribution in [3.05, 3.63) is 65.7 Å². The van der Waals surface area contributed by atoms with E-state index < -0.39 is 0 Å². The number of amides is 1. The Bertz CT molecular complexity index is 739. The Kier molecular flexibility index (Phi) is 7.43. The van der Waals surface area contributed by atoms with Gasteiger partial charge < -0.3 is 10.2 Å². The van der Waals surface area contributed by atoms with Gasteiger partial charge in [-0.2, -0.15) is 0 Å². The maximum absolute atomic E-state index is 12.6. The Morgan fingerprint density at radius 1 is 1.07 bits per heavy atom. The standard InChI is InChI=1S/C24H32N2OS/c1-18-13-15-26(16-14-18)23-11-9-22(10-12-23)19(2)25-24(27)20(3)28-17-21-7-5-4-6-8-21/h4-12,18-20H,13-17H2,1-3H3,(H,25,27)/t19-,20+/m0/s1. The first kappa shape index (κ1) is 20.8. The zero-order valence-electron chi connectivity index (χ0n) is 17.2. The zero-order valence-corrected chi connectivity index (χ0v) is 18.0. The lowest BCUT2D eigenvalue weighted by Gasteiger charge is -2.32. The van der Waals surface area contributed by atoms with E-state index in [1.807, 2.05) is 25.1 Å². The molecule has 3 nitrogen and oxygen atoms in total. The summed E-state index contributed by atoms with van der Waals surface area (Å²) in [4.78, 5) is 15.0. The average Bonchev–Trinajstić information content (AvgIpc) is 2.73. The minimum Gasteiger partial charge on any atom is -0.372 e. The molecule has 2 aromatic rings. The molecule has 1 aliphatic heterocycles. The van der Waals surface area contributed by atoms with Gasteiger partial charge in [-0.15, -0.1) is 11.8 Å². The van der Waals surface area contributed by atoms with Crippen molar-refractivity contribution in [2.24, 2.45) is 5.92 Å². The molecule has 150 valence electrons. The number of benzene rings is 2. The van der Waals surface area contributed by atoms with Crippen molar-refractivity contribution in [1.82, 2.24) is 5.32 Å². The molecule has 0 unspecified atom stereocenters. The van der Waals surface area contributed by atoms with Crippen LogP contribution in [0, 0.1) is 5.92 Å². The van der Waals surface area contributed by atoms with Gasteiger partial charge in [0.15, 0.2) is 0 Å². The molecule has 2 atom stereocenters. The minimum absolute atomic E-state index is 0.0164. The third-order valence-electron chi connectivity index (χ3n) is 5.61. The van der Waals surface area contributed by atoms with Crippen LogP contribution in [0.15, 0.2) is 54.6 Å². The van der Waals surface area contributed by atoms with Gasteiger partial charge in [-0.3, -0.25) is 4.79 Å². The summed E-state index contributed by atoms with van der Waals surface area (Å²) in [5.74, 6) is 1.79. The quantitative estimate of drug-likeness (QED) is 0.678. The molecule has 0 saturated carbocycles. The molecule has 2 aromatic carbocycles. The van der Waals surface area contributed by atoms with Gasteiger partial charge in [0, 0.05) is 24.5 Å². The fourth-order valence-corrected chi connectivity index (χ4v) is 4.38. The van der Waals surface area contributed by atoms with Crippen molar-refractivity contribution in [1.29, 1.82) is 0 Å². The van der Waals surface area contributed by atoms with Crippen LogP contribution in [-0.2, 0) is 10.5 Å². The van der Waals surface area contributed by atoms with Crippen LogP contribution < -0.4 is 10.2 Å². The second-order valence-electron chi connectivity index (χ2n) is 7.93. The van der Waals surface area contributed by atoms with Crippen molar-refractivity contribution in [2.75, 3.05) is 18.0 Å². The average molecular weight is 397 g/mol. The summed E-state index contributed by atoms with van der Waals surface area (Å²) < 4.78 is 0. The summed E-state index contributed by atoms with van der Waals surface area (Å²) in [6.07, 6.45) is 2.54. The van der Waals surface area contributed by atoms with Crippen LogP contribution in [0.4, 0.5) is 5.69 Å². The summed E-state index contributed by atoms with van der Waals surface area (Å²) in [5.41, 5.74) is 3.70. The molecule has 0 radical (unpaired) electrons. The van der Waals surface area contributed by atoms with Crippen LogP contribution in [0.2, 0.25) is 0 Å². The van der Waals surface area contributed by atoms with Gasteiger partial charge in [-0.1, -0.05) is 49.4 Å². The Balaban J connectivity index is 1.49. The van der Waals surface area contributed by atoms with E-state index >= 15 is 0 Å². The smallest absolute Gasteiger partial charge is 0.233 e. The number of hydrogen-bond acceptors (Lipinski definition) is 3. The summed E-state index contributed by atoms with van der Waals surface area (Å²) in [6.45, 7) is 8.66. The molecule has 1 heterocycles. The van der Waals surface area contributed by atoms with Crippen LogP contribution in [-0.4, -0.2) is 24.2 Å². The van der Waals surface area contributed by atoms with E-state index in [0.29, 0.717) is 0 Å². The fraction of sp³-hybridized carbons (Fsp3) is 0.458. The molecular formula is C24H32N2OS. The second-order valence-corrected chi connectivity index (χ2v) is 9.26. The Hall–Kier alpha value is -1.94. The van der Waals surface area contributed by atoms with Crippen molar-refractivity contribution in [2.45, 2.75) is 50.7 Å². The number of piperidine rings is 1. The number of carbonyl (C=O) groups excluding carboxylic acids is 1. The van der Waals surface area contributed by atoms with Gasteiger partial charge in [0.2, 0.25) is 5.91 Å². The molecule has 4 heteroatoms.